The van der Waals surface area contributed by atoms with Gasteiger partial charge < -0.3 is 14.5 Å². The van der Waals surface area contributed by atoms with E-state index in [0.717, 1.165) is 19.5 Å². The Kier molecular flexibility index (Phi) is 4.34. The fourth-order valence-corrected chi connectivity index (χ4v) is 6.19. The maximum atomic E-state index is 3.83. The highest BCUT2D eigenvalue weighted by Gasteiger charge is 2.28. The van der Waals surface area contributed by atoms with Crippen LogP contribution in [0.3, 0.4) is 0 Å². The molecule has 4 heterocycles. The molecule has 1 atom stereocenters. The van der Waals surface area contributed by atoms with Crippen molar-refractivity contribution < 1.29 is 0 Å². The lowest BCUT2D eigenvalue weighted by Crippen LogP contribution is -2.24. The van der Waals surface area contributed by atoms with Crippen molar-refractivity contribution in [2.45, 2.75) is 19.3 Å². The van der Waals surface area contributed by atoms with E-state index < -0.39 is 0 Å². The van der Waals surface area contributed by atoms with Gasteiger partial charge in [0.05, 0.1) is 0 Å². The van der Waals surface area contributed by atoms with E-state index in [-0.39, 0.29) is 0 Å². The number of thiophene rings is 1. The van der Waals surface area contributed by atoms with Crippen LogP contribution in [-0.2, 0) is 13.5 Å². The Labute approximate surface area is 186 Å². The molecule has 0 saturated carbocycles. The molecule has 4 heteroatoms. The topological polar surface area (TPSA) is 24.0 Å². The first-order valence-electron chi connectivity index (χ1n) is 11.0. The van der Waals surface area contributed by atoms with E-state index in [4.69, 9.17) is 0 Å². The molecule has 1 aliphatic heterocycles. The molecule has 0 aliphatic carbocycles. The first-order valence-corrected chi connectivity index (χ1v) is 11.9. The third-order valence-corrected chi connectivity index (χ3v) is 7.88. The standard InChI is InChI=1S/C27H27N3S/c1-17-4-7-24-22(14-17)20-9-11-29(2)16-23(26(20)28-24)21-10-13-31-27(21)19-6-5-18-8-12-30(3)25(18)15-19/h4-8,10,12-15,23,28H,9,11,16H2,1-3H3. The van der Waals surface area contributed by atoms with Crippen molar-refractivity contribution >= 4 is 33.1 Å². The lowest BCUT2D eigenvalue weighted by Gasteiger charge is -2.21. The van der Waals surface area contributed by atoms with Gasteiger partial charge in [-0.05, 0) is 78.2 Å². The van der Waals surface area contributed by atoms with Crippen LogP contribution in [0.15, 0.2) is 60.1 Å². The summed E-state index contributed by atoms with van der Waals surface area (Å²) in [5.74, 6) is 0.348. The Bertz CT molecular complexity index is 1420. The average Bonchev–Trinajstić information content (AvgIpc) is 3.45. The second-order valence-corrected chi connectivity index (χ2v) is 9.95. The van der Waals surface area contributed by atoms with Crippen molar-refractivity contribution in [3.63, 3.8) is 0 Å². The van der Waals surface area contributed by atoms with Gasteiger partial charge in [0.15, 0.2) is 0 Å². The first-order chi connectivity index (χ1) is 15.1. The smallest absolute Gasteiger partial charge is 0.0484 e. The van der Waals surface area contributed by atoms with E-state index in [1.54, 1.807) is 0 Å². The van der Waals surface area contributed by atoms with Crippen LogP contribution in [0.5, 0.6) is 0 Å². The largest absolute Gasteiger partial charge is 0.358 e. The van der Waals surface area contributed by atoms with Crippen LogP contribution in [0.2, 0.25) is 0 Å². The molecule has 0 saturated heterocycles. The Morgan fingerprint density at radius 1 is 1.03 bits per heavy atom. The number of benzene rings is 2. The third kappa shape index (κ3) is 3.05. The van der Waals surface area contributed by atoms with E-state index in [2.05, 4.69) is 95.6 Å². The molecule has 2 aromatic carbocycles. The summed E-state index contributed by atoms with van der Waals surface area (Å²) >= 11 is 1.86. The van der Waals surface area contributed by atoms with E-state index in [1.165, 1.54) is 54.6 Å². The number of aryl methyl sites for hydroxylation is 2. The van der Waals surface area contributed by atoms with E-state index in [1.807, 2.05) is 11.3 Å². The van der Waals surface area contributed by atoms with Gasteiger partial charge in [-0.15, -0.1) is 11.3 Å². The van der Waals surface area contributed by atoms with Crippen LogP contribution in [0.25, 0.3) is 32.2 Å². The molecule has 1 unspecified atom stereocenters. The van der Waals surface area contributed by atoms with Gasteiger partial charge in [0.2, 0.25) is 0 Å². The third-order valence-electron chi connectivity index (χ3n) is 6.90. The highest BCUT2D eigenvalue weighted by Crippen LogP contribution is 2.42. The van der Waals surface area contributed by atoms with Crippen molar-refractivity contribution in [1.29, 1.82) is 0 Å². The maximum Gasteiger partial charge on any atom is 0.0484 e. The Morgan fingerprint density at radius 2 is 1.94 bits per heavy atom. The van der Waals surface area contributed by atoms with Crippen molar-refractivity contribution in [3.8, 4) is 10.4 Å². The van der Waals surface area contributed by atoms with Crippen LogP contribution in [0.4, 0.5) is 0 Å². The highest BCUT2D eigenvalue weighted by molar-refractivity contribution is 7.13. The second-order valence-electron chi connectivity index (χ2n) is 9.04. The number of nitrogens with one attached hydrogen (secondary N) is 1. The minimum Gasteiger partial charge on any atom is -0.358 e. The minimum atomic E-state index is 0.348. The molecule has 1 N–H and O–H groups in total. The summed E-state index contributed by atoms with van der Waals surface area (Å²) in [6.07, 6.45) is 3.24. The quantitative estimate of drug-likeness (QED) is 0.352. The number of aromatic nitrogens is 2. The normalized spacial score (nSPS) is 17.3. The second kappa shape index (κ2) is 7.11. The number of fused-ring (bicyclic) bond motifs is 4. The van der Waals surface area contributed by atoms with Crippen molar-refractivity contribution in [2.24, 2.45) is 7.05 Å². The Balaban J connectivity index is 1.53. The summed E-state index contributed by atoms with van der Waals surface area (Å²) in [4.78, 5) is 7.71. The summed E-state index contributed by atoms with van der Waals surface area (Å²) in [6, 6.07) is 18.2. The zero-order chi connectivity index (χ0) is 21.1. The van der Waals surface area contributed by atoms with Crippen molar-refractivity contribution in [3.05, 3.63) is 82.5 Å². The van der Waals surface area contributed by atoms with E-state index in [9.17, 15) is 0 Å². The molecule has 0 radical (unpaired) electrons. The fourth-order valence-electron chi connectivity index (χ4n) is 5.23. The Hall–Kier alpha value is -2.82. The molecule has 0 amide bonds. The number of hydrogen-bond acceptors (Lipinski definition) is 2. The van der Waals surface area contributed by atoms with Crippen LogP contribution in [0.1, 0.15) is 28.3 Å². The molecule has 1 aliphatic rings. The van der Waals surface area contributed by atoms with E-state index in [0.29, 0.717) is 5.92 Å². The molecule has 5 aromatic rings. The summed E-state index contributed by atoms with van der Waals surface area (Å²) in [5, 5.41) is 4.96. The minimum absolute atomic E-state index is 0.348. The zero-order valence-corrected chi connectivity index (χ0v) is 19.1. The number of nitrogens with zero attached hydrogens (tertiary/aromatic N) is 2. The fraction of sp³-hybridized carbons (Fsp3) is 0.259. The van der Waals surface area contributed by atoms with Crippen LogP contribution in [0, 0.1) is 6.92 Å². The monoisotopic (exact) mass is 425 g/mol. The zero-order valence-electron chi connectivity index (χ0n) is 18.3. The molecule has 0 fully saturated rings. The summed E-state index contributed by atoms with van der Waals surface area (Å²) in [5.41, 5.74) is 9.56. The molecule has 156 valence electrons. The molecular formula is C27H27N3S. The van der Waals surface area contributed by atoms with Crippen LogP contribution >= 0.6 is 11.3 Å². The predicted molar refractivity (Wildman–Crippen MR) is 132 cm³/mol. The number of H-pyrrole nitrogens is 1. The van der Waals surface area contributed by atoms with Crippen molar-refractivity contribution in [2.75, 3.05) is 20.1 Å². The van der Waals surface area contributed by atoms with Gasteiger partial charge in [0.1, 0.15) is 0 Å². The first kappa shape index (κ1) is 18.9. The average molecular weight is 426 g/mol. The van der Waals surface area contributed by atoms with Gasteiger partial charge in [-0.2, -0.15) is 0 Å². The number of likely N-dealkylation sites (N-methyl/N-ethyl adjacent to an activating group) is 1. The lowest BCUT2D eigenvalue weighted by atomic mass is 9.91. The maximum absolute atomic E-state index is 3.83. The van der Waals surface area contributed by atoms with Crippen LogP contribution < -0.4 is 0 Å². The lowest BCUT2D eigenvalue weighted by molar-refractivity contribution is 0.337. The molecule has 31 heavy (non-hydrogen) atoms. The Morgan fingerprint density at radius 3 is 2.84 bits per heavy atom. The predicted octanol–water partition coefficient (Wildman–Crippen LogP) is 6.32. The van der Waals surface area contributed by atoms with Crippen LogP contribution in [-0.4, -0.2) is 34.6 Å². The molecule has 3 aromatic heterocycles. The van der Waals surface area contributed by atoms with Gasteiger partial charge in [0, 0.05) is 59.2 Å². The summed E-state index contributed by atoms with van der Waals surface area (Å²) in [7, 11) is 4.38. The number of aromatic amines is 1. The molecule has 3 nitrogen and oxygen atoms in total. The van der Waals surface area contributed by atoms with Gasteiger partial charge >= 0.3 is 0 Å². The van der Waals surface area contributed by atoms with Gasteiger partial charge in [-0.3, -0.25) is 0 Å². The molecule has 0 spiro atoms. The van der Waals surface area contributed by atoms with Gasteiger partial charge in [0.25, 0.3) is 0 Å². The summed E-state index contributed by atoms with van der Waals surface area (Å²) in [6.45, 7) is 4.32. The molecule has 0 bridgehead atoms. The molecule has 6 rings (SSSR count). The SMILES string of the molecule is Cc1ccc2[nH]c3c(c2c1)CCN(C)CC3c1ccsc1-c1ccc2ccn(C)c2c1. The number of rotatable bonds is 2. The van der Waals surface area contributed by atoms with Crippen molar-refractivity contribution in [1.82, 2.24) is 14.5 Å². The number of hydrogen-bond donors (Lipinski definition) is 1. The highest BCUT2D eigenvalue weighted by atomic mass is 32.1. The van der Waals surface area contributed by atoms with Gasteiger partial charge in [-0.25, -0.2) is 0 Å². The van der Waals surface area contributed by atoms with E-state index >= 15 is 0 Å². The molecular weight excluding hydrogens is 398 g/mol. The van der Waals surface area contributed by atoms with Gasteiger partial charge in [-0.1, -0.05) is 23.8 Å². The summed E-state index contributed by atoms with van der Waals surface area (Å²) < 4.78 is 2.21.